The fourth-order valence-corrected chi connectivity index (χ4v) is 5.59. The van der Waals surface area contributed by atoms with Gasteiger partial charge in [-0.05, 0) is 78.6 Å². The van der Waals surface area contributed by atoms with Gasteiger partial charge in [-0.1, -0.05) is 79.7 Å². The first-order valence-corrected chi connectivity index (χ1v) is 13.5. The third kappa shape index (κ3) is 5.47. The van der Waals surface area contributed by atoms with E-state index in [1.807, 2.05) is 54.6 Å². The van der Waals surface area contributed by atoms with Crippen LogP contribution in [0.15, 0.2) is 101 Å². The van der Waals surface area contributed by atoms with Crippen LogP contribution < -0.4 is 0 Å². The molecule has 3 aromatic carbocycles. The molecule has 37 heavy (non-hydrogen) atoms. The molecule has 0 aliphatic carbocycles. The number of carbonyl (C=O) groups is 1. The Balaban J connectivity index is 1.47. The van der Waals surface area contributed by atoms with Crippen molar-refractivity contribution in [3.63, 3.8) is 0 Å². The molecule has 0 saturated carbocycles. The van der Waals surface area contributed by atoms with E-state index in [-0.39, 0.29) is 5.91 Å². The Morgan fingerprint density at radius 2 is 1.49 bits per heavy atom. The summed E-state index contributed by atoms with van der Waals surface area (Å²) in [7, 11) is 0. The maximum Gasteiger partial charge on any atom is 0.267 e. The van der Waals surface area contributed by atoms with E-state index in [9.17, 15) is 4.79 Å². The predicted molar refractivity (Wildman–Crippen MR) is 155 cm³/mol. The topological polar surface area (TPSA) is 37.6 Å². The van der Waals surface area contributed by atoms with Gasteiger partial charge in [-0.25, -0.2) is 0 Å². The Bertz CT molecular complexity index is 1450. The first kappa shape index (κ1) is 24.8. The fourth-order valence-electron chi connectivity index (χ4n) is 4.63. The quantitative estimate of drug-likeness (QED) is 0.247. The number of aromatic nitrogens is 1. The van der Waals surface area contributed by atoms with Crippen LogP contribution in [0, 0.1) is 13.8 Å². The molecule has 5 rings (SSSR count). The SMILES string of the molecule is CCc1ccc(-n2c(C)cc(/C=C3\SC(=NCc4ccccc4)N(Cc4ccccc4)C3=O)c2C)cc1. The number of thioether (sulfide) groups is 1. The Morgan fingerprint density at radius 3 is 2.14 bits per heavy atom. The number of amides is 1. The molecular weight excluding hydrogens is 474 g/mol. The molecule has 4 aromatic rings. The van der Waals surface area contributed by atoms with Crippen LogP contribution in [0.3, 0.4) is 0 Å². The van der Waals surface area contributed by atoms with Crippen LogP contribution in [0.5, 0.6) is 0 Å². The average Bonchev–Trinajstić information content (AvgIpc) is 3.38. The van der Waals surface area contributed by atoms with Crippen molar-refractivity contribution in [3.05, 3.63) is 130 Å². The molecule has 186 valence electrons. The fraction of sp³-hybridized carbons (Fsp3) is 0.188. The van der Waals surface area contributed by atoms with Crippen molar-refractivity contribution in [2.75, 3.05) is 0 Å². The van der Waals surface area contributed by atoms with Gasteiger partial charge in [0.1, 0.15) is 0 Å². The molecule has 1 aromatic heterocycles. The van der Waals surface area contributed by atoms with Crippen LogP contribution in [0.4, 0.5) is 0 Å². The molecule has 1 amide bonds. The van der Waals surface area contributed by atoms with Crippen LogP contribution in [-0.2, 0) is 24.3 Å². The third-order valence-electron chi connectivity index (χ3n) is 6.67. The van der Waals surface area contributed by atoms with Crippen molar-refractivity contribution in [3.8, 4) is 5.69 Å². The molecule has 0 bridgehead atoms. The van der Waals surface area contributed by atoms with Gasteiger partial charge in [0.15, 0.2) is 5.17 Å². The molecule has 0 atom stereocenters. The standard InChI is InChI=1S/C32H31N3OS/c1-4-25-15-17-29(18-16-25)35-23(2)19-28(24(35)3)20-30-31(36)34(22-27-13-9-6-10-14-27)32(37-30)33-21-26-11-7-5-8-12-26/h5-20H,4,21-22H2,1-3H3/b30-20-,33-32?. The highest BCUT2D eigenvalue weighted by atomic mass is 32.2. The predicted octanol–water partition coefficient (Wildman–Crippen LogP) is 7.33. The van der Waals surface area contributed by atoms with Gasteiger partial charge in [0.25, 0.3) is 5.91 Å². The summed E-state index contributed by atoms with van der Waals surface area (Å²) in [4.78, 5) is 21.0. The van der Waals surface area contributed by atoms with Crippen molar-refractivity contribution < 1.29 is 4.79 Å². The molecule has 1 saturated heterocycles. The van der Waals surface area contributed by atoms with Crippen LogP contribution in [0.1, 0.15) is 40.6 Å². The van der Waals surface area contributed by atoms with Gasteiger partial charge in [-0.15, -0.1) is 0 Å². The number of rotatable bonds is 7. The number of carbonyl (C=O) groups excluding carboxylic acids is 1. The zero-order valence-corrected chi connectivity index (χ0v) is 22.3. The van der Waals surface area contributed by atoms with E-state index in [0.717, 1.165) is 45.4 Å². The lowest BCUT2D eigenvalue weighted by Gasteiger charge is -2.15. The van der Waals surface area contributed by atoms with Gasteiger partial charge in [0.05, 0.1) is 18.0 Å². The monoisotopic (exact) mass is 505 g/mol. The third-order valence-corrected chi connectivity index (χ3v) is 7.72. The number of aliphatic imine (C=N–C) groups is 1. The van der Waals surface area contributed by atoms with Crippen LogP contribution in [-0.4, -0.2) is 20.5 Å². The molecule has 1 aliphatic heterocycles. The van der Waals surface area contributed by atoms with Gasteiger partial charge in [0, 0.05) is 17.1 Å². The van der Waals surface area contributed by atoms with Gasteiger partial charge < -0.3 is 4.57 Å². The summed E-state index contributed by atoms with van der Waals surface area (Å²) in [6.45, 7) is 7.43. The number of hydrogen-bond acceptors (Lipinski definition) is 3. The van der Waals surface area contributed by atoms with Crippen molar-refractivity contribution >= 4 is 28.9 Å². The molecule has 0 radical (unpaired) electrons. The minimum Gasteiger partial charge on any atom is -0.318 e. The lowest BCUT2D eigenvalue weighted by molar-refractivity contribution is -0.122. The maximum absolute atomic E-state index is 13.6. The zero-order valence-electron chi connectivity index (χ0n) is 21.5. The van der Waals surface area contributed by atoms with E-state index in [2.05, 4.69) is 67.8 Å². The van der Waals surface area contributed by atoms with Crippen molar-refractivity contribution in [1.29, 1.82) is 0 Å². The smallest absolute Gasteiger partial charge is 0.267 e. The Hall–Kier alpha value is -3.83. The van der Waals surface area contributed by atoms with Crippen LogP contribution in [0.25, 0.3) is 11.8 Å². The normalized spacial score (nSPS) is 15.8. The summed E-state index contributed by atoms with van der Waals surface area (Å²) >= 11 is 1.46. The van der Waals surface area contributed by atoms with Gasteiger partial charge in [-0.3, -0.25) is 14.7 Å². The molecule has 1 aliphatic rings. The summed E-state index contributed by atoms with van der Waals surface area (Å²) in [5, 5.41) is 0.743. The van der Waals surface area contributed by atoms with Crippen LogP contribution in [0.2, 0.25) is 0 Å². The molecule has 5 heteroatoms. The van der Waals surface area contributed by atoms with E-state index in [1.165, 1.54) is 17.3 Å². The highest BCUT2D eigenvalue weighted by Crippen LogP contribution is 2.35. The summed E-state index contributed by atoms with van der Waals surface area (Å²) in [5.41, 5.74) is 7.98. The number of benzene rings is 3. The largest absolute Gasteiger partial charge is 0.318 e. The minimum atomic E-state index is -0.00207. The van der Waals surface area contributed by atoms with Crippen molar-refractivity contribution in [2.24, 2.45) is 4.99 Å². The number of nitrogens with zero attached hydrogens (tertiary/aromatic N) is 3. The Morgan fingerprint density at radius 1 is 0.838 bits per heavy atom. The number of hydrogen-bond donors (Lipinski definition) is 0. The number of aryl methyl sites for hydroxylation is 2. The molecule has 0 spiro atoms. The van der Waals surface area contributed by atoms with E-state index in [1.54, 1.807) is 4.90 Å². The lowest BCUT2D eigenvalue weighted by Crippen LogP contribution is -2.28. The summed E-state index contributed by atoms with van der Waals surface area (Å²) < 4.78 is 2.25. The minimum absolute atomic E-state index is 0.00207. The van der Waals surface area contributed by atoms with Crippen molar-refractivity contribution in [2.45, 2.75) is 40.3 Å². The molecule has 0 unspecified atom stereocenters. The molecular formula is C32H31N3OS. The second-order valence-electron chi connectivity index (χ2n) is 9.25. The van der Waals surface area contributed by atoms with Crippen molar-refractivity contribution in [1.82, 2.24) is 9.47 Å². The molecule has 2 heterocycles. The first-order valence-electron chi connectivity index (χ1n) is 12.7. The summed E-state index contributed by atoms with van der Waals surface area (Å²) in [6.07, 6.45) is 3.05. The first-order chi connectivity index (χ1) is 18.0. The van der Waals surface area contributed by atoms with Crippen LogP contribution >= 0.6 is 11.8 Å². The number of amidine groups is 1. The zero-order chi connectivity index (χ0) is 25.8. The maximum atomic E-state index is 13.6. The van der Waals surface area contributed by atoms with E-state index >= 15 is 0 Å². The average molecular weight is 506 g/mol. The van der Waals surface area contributed by atoms with Gasteiger partial charge in [-0.2, -0.15) is 0 Å². The Kier molecular flexibility index (Phi) is 7.42. The lowest BCUT2D eigenvalue weighted by atomic mass is 10.1. The second kappa shape index (κ2) is 11.1. The highest BCUT2D eigenvalue weighted by Gasteiger charge is 2.33. The summed E-state index contributed by atoms with van der Waals surface area (Å²) in [5.74, 6) is -0.00207. The molecule has 1 fully saturated rings. The summed E-state index contributed by atoms with van der Waals surface area (Å²) in [6, 6.07) is 31.1. The Labute approximate surface area is 223 Å². The van der Waals surface area contributed by atoms with E-state index < -0.39 is 0 Å². The van der Waals surface area contributed by atoms with E-state index in [0.29, 0.717) is 18.0 Å². The highest BCUT2D eigenvalue weighted by molar-refractivity contribution is 8.18. The van der Waals surface area contributed by atoms with Gasteiger partial charge >= 0.3 is 0 Å². The molecule has 4 nitrogen and oxygen atoms in total. The molecule has 0 N–H and O–H groups in total. The van der Waals surface area contributed by atoms with Gasteiger partial charge in [0.2, 0.25) is 0 Å². The van der Waals surface area contributed by atoms with E-state index in [4.69, 9.17) is 4.99 Å². The second-order valence-corrected chi connectivity index (χ2v) is 10.3.